The molecule has 1 amide bonds. The van der Waals surface area contributed by atoms with Crippen LogP contribution in [0.1, 0.15) is 37.3 Å². The molecule has 26 heavy (non-hydrogen) atoms. The Balaban J connectivity index is 1.92. The number of rotatable bonds is 7. The SMILES string of the molecule is CC(Cl)CCCC1CNCCN1C(=O)C=CC=Cc1ccccc1C#N. The molecule has 1 heterocycles. The van der Waals surface area contributed by atoms with E-state index >= 15 is 0 Å². The maximum absolute atomic E-state index is 12.5. The van der Waals surface area contributed by atoms with E-state index in [-0.39, 0.29) is 17.3 Å². The lowest BCUT2D eigenvalue weighted by Crippen LogP contribution is -2.53. The van der Waals surface area contributed by atoms with E-state index in [1.165, 1.54) is 0 Å². The van der Waals surface area contributed by atoms with Gasteiger partial charge in [0.1, 0.15) is 0 Å². The second-order valence-electron chi connectivity index (χ2n) is 6.52. The van der Waals surface area contributed by atoms with E-state index in [1.807, 2.05) is 36.1 Å². The highest BCUT2D eigenvalue weighted by molar-refractivity contribution is 6.20. The topological polar surface area (TPSA) is 56.1 Å². The summed E-state index contributed by atoms with van der Waals surface area (Å²) in [7, 11) is 0. The van der Waals surface area contributed by atoms with Crippen molar-refractivity contribution in [2.45, 2.75) is 37.6 Å². The summed E-state index contributed by atoms with van der Waals surface area (Å²) in [5.74, 6) is 0.0358. The smallest absolute Gasteiger partial charge is 0.246 e. The normalized spacial score (nSPS) is 19.0. The first-order valence-corrected chi connectivity index (χ1v) is 9.54. The van der Waals surface area contributed by atoms with E-state index in [4.69, 9.17) is 16.9 Å². The number of nitrogens with one attached hydrogen (secondary N) is 1. The monoisotopic (exact) mass is 371 g/mol. The number of halogens is 1. The van der Waals surface area contributed by atoms with Crippen molar-refractivity contribution in [1.29, 1.82) is 5.26 Å². The summed E-state index contributed by atoms with van der Waals surface area (Å²) in [4.78, 5) is 14.5. The second-order valence-corrected chi connectivity index (χ2v) is 7.26. The highest BCUT2D eigenvalue weighted by Crippen LogP contribution is 2.15. The van der Waals surface area contributed by atoms with Crippen LogP contribution in [0.5, 0.6) is 0 Å². The van der Waals surface area contributed by atoms with Gasteiger partial charge in [0.15, 0.2) is 0 Å². The quantitative estimate of drug-likeness (QED) is 0.451. The molecule has 1 aromatic carbocycles. The molecule has 0 aliphatic carbocycles. The number of hydrogen-bond donors (Lipinski definition) is 1. The summed E-state index contributed by atoms with van der Waals surface area (Å²) in [5, 5.41) is 12.6. The minimum absolute atomic E-state index is 0.0358. The molecule has 1 aliphatic heterocycles. The Kier molecular flexibility index (Phi) is 8.40. The van der Waals surface area contributed by atoms with Gasteiger partial charge >= 0.3 is 0 Å². The predicted molar refractivity (Wildman–Crippen MR) is 107 cm³/mol. The fraction of sp³-hybridized carbons (Fsp3) is 0.429. The zero-order valence-electron chi connectivity index (χ0n) is 15.2. The maximum Gasteiger partial charge on any atom is 0.246 e. The van der Waals surface area contributed by atoms with Gasteiger partial charge in [-0.2, -0.15) is 5.26 Å². The van der Waals surface area contributed by atoms with Crippen LogP contribution in [-0.2, 0) is 4.79 Å². The molecule has 1 aromatic rings. The Morgan fingerprint density at radius 3 is 3.04 bits per heavy atom. The Morgan fingerprint density at radius 2 is 2.27 bits per heavy atom. The van der Waals surface area contributed by atoms with Crippen molar-refractivity contribution in [3.63, 3.8) is 0 Å². The van der Waals surface area contributed by atoms with Gasteiger partial charge in [-0.25, -0.2) is 0 Å². The number of carbonyl (C=O) groups excluding carboxylic acids is 1. The minimum Gasteiger partial charge on any atom is -0.334 e. The molecule has 1 N–H and O–H groups in total. The summed E-state index contributed by atoms with van der Waals surface area (Å²) >= 11 is 6.02. The third-order valence-corrected chi connectivity index (χ3v) is 4.70. The number of amides is 1. The van der Waals surface area contributed by atoms with Crippen molar-refractivity contribution in [3.8, 4) is 6.07 Å². The van der Waals surface area contributed by atoms with Gasteiger partial charge in [-0.05, 0) is 37.8 Å². The van der Waals surface area contributed by atoms with Crippen molar-refractivity contribution in [2.75, 3.05) is 19.6 Å². The molecule has 2 atom stereocenters. The molecule has 1 aliphatic rings. The van der Waals surface area contributed by atoms with Gasteiger partial charge in [0.05, 0.1) is 11.6 Å². The summed E-state index contributed by atoms with van der Waals surface area (Å²) in [5.41, 5.74) is 1.47. The average molecular weight is 372 g/mol. The van der Waals surface area contributed by atoms with Gasteiger partial charge in [0.25, 0.3) is 0 Å². The third-order valence-electron chi connectivity index (χ3n) is 4.48. The van der Waals surface area contributed by atoms with Crippen LogP contribution in [0, 0.1) is 11.3 Å². The number of hydrogen-bond acceptors (Lipinski definition) is 3. The molecule has 4 nitrogen and oxygen atoms in total. The zero-order chi connectivity index (χ0) is 18.8. The van der Waals surface area contributed by atoms with Crippen LogP contribution in [0.3, 0.4) is 0 Å². The van der Waals surface area contributed by atoms with Crippen LogP contribution in [0.4, 0.5) is 0 Å². The fourth-order valence-corrected chi connectivity index (χ4v) is 3.24. The lowest BCUT2D eigenvalue weighted by Gasteiger charge is -2.35. The average Bonchev–Trinajstić information content (AvgIpc) is 2.65. The molecule has 138 valence electrons. The molecule has 5 heteroatoms. The van der Waals surface area contributed by atoms with E-state index in [0.29, 0.717) is 5.56 Å². The van der Waals surface area contributed by atoms with Gasteiger partial charge in [-0.3, -0.25) is 4.79 Å². The number of benzene rings is 1. The number of carbonyl (C=O) groups is 1. The number of nitrogens with zero attached hydrogens (tertiary/aromatic N) is 2. The molecule has 1 saturated heterocycles. The van der Waals surface area contributed by atoms with Crippen molar-refractivity contribution in [3.05, 3.63) is 53.6 Å². The molecule has 2 rings (SSSR count). The lowest BCUT2D eigenvalue weighted by atomic mass is 10.0. The minimum atomic E-state index is 0.0358. The van der Waals surface area contributed by atoms with Crippen molar-refractivity contribution in [1.82, 2.24) is 10.2 Å². The van der Waals surface area contributed by atoms with Crippen molar-refractivity contribution >= 4 is 23.6 Å². The van der Waals surface area contributed by atoms with Crippen LogP contribution >= 0.6 is 11.6 Å². The number of piperazine rings is 1. The Morgan fingerprint density at radius 1 is 1.46 bits per heavy atom. The van der Waals surface area contributed by atoms with Gasteiger partial charge < -0.3 is 10.2 Å². The lowest BCUT2D eigenvalue weighted by molar-refractivity contribution is -0.129. The standard InChI is InChI=1S/C21H26ClN3O/c1-17(22)7-6-11-20-16-24-13-14-25(20)21(26)12-5-4-9-18-8-2-3-10-19(18)15-23/h2-5,8-10,12,17,20,24H,6-7,11,13-14,16H2,1H3. The van der Waals surface area contributed by atoms with Crippen LogP contribution in [-0.4, -0.2) is 41.9 Å². The number of nitriles is 1. The molecule has 0 radical (unpaired) electrons. The number of allylic oxidation sites excluding steroid dienone is 2. The molecule has 1 fully saturated rings. The van der Waals surface area contributed by atoms with E-state index in [0.717, 1.165) is 44.5 Å². The summed E-state index contributed by atoms with van der Waals surface area (Å²) in [6.45, 7) is 4.39. The first-order valence-electron chi connectivity index (χ1n) is 9.11. The maximum atomic E-state index is 12.5. The molecular formula is C21H26ClN3O. The summed E-state index contributed by atoms with van der Waals surface area (Å²) < 4.78 is 0. The Labute approximate surface area is 161 Å². The molecule has 0 aromatic heterocycles. The van der Waals surface area contributed by atoms with Gasteiger partial charge in [-0.15, -0.1) is 11.6 Å². The fourth-order valence-electron chi connectivity index (χ4n) is 3.08. The Bertz CT molecular complexity index is 691. The second kappa shape index (κ2) is 10.8. The Hall–Kier alpha value is -2.09. The first-order chi connectivity index (χ1) is 12.6. The summed E-state index contributed by atoms with van der Waals surface area (Å²) in [6.07, 6.45) is 9.96. The third kappa shape index (κ3) is 6.33. The molecular weight excluding hydrogens is 346 g/mol. The molecule has 2 unspecified atom stereocenters. The molecule has 0 saturated carbocycles. The van der Waals surface area contributed by atoms with Crippen LogP contribution in [0.25, 0.3) is 6.08 Å². The number of alkyl halides is 1. The van der Waals surface area contributed by atoms with Crippen LogP contribution < -0.4 is 5.32 Å². The first kappa shape index (κ1) is 20.2. The highest BCUT2D eigenvalue weighted by atomic mass is 35.5. The van der Waals surface area contributed by atoms with E-state index in [1.54, 1.807) is 24.3 Å². The molecule has 0 bridgehead atoms. The van der Waals surface area contributed by atoms with Crippen LogP contribution in [0.2, 0.25) is 0 Å². The predicted octanol–water partition coefficient (Wildman–Crippen LogP) is 3.73. The van der Waals surface area contributed by atoms with Gasteiger partial charge in [-0.1, -0.05) is 36.4 Å². The van der Waals surface area contributed by atoms with Crippen molar-refractivity contribution in [2.24, 2.45) is 0 Å². The van der Waals surface area contributed by atoms with Crippen molar-refractivity contribution < 1.29 is 4.79 Å². The van der Waals surface area contributed by atoms with Gasteiger partial charge in [0, 0.05) is 37.1 Å². The zero-order valence-corrected chi connectivity index (χ0v) is 16.0. The van der Waals surface area contributed by atoms with E-state index in [2.05, 4.69) is 11.4 Å². The summed E-state index contributed by atoms with van der Waals surface area (Å²) in [6, 6.07) is 9.78. The van der Waals surface area contributed by atoms with E-state index < -0.39 is 0 Å². The van der Waals surface area contributed by atoms with Crippen LogP contribution in [0.15, 0.2) is 42.5 Å². The van der Waals surface area contributed by atoms with E-state index in [9.17, 15) is 4.79 Å². The highest BCUT2D eigenvalue weighted by Gasteiger charge is 2.24. The molecule has 0 spiro atoms. The largest absolute Gasteiger partial charge is 0.334 e. The van der Waals surface area contributed by atoms with Gasteiger partial charge in [0.2, 0.25) is 5.91 Å².